The van der Waals surface area contributed by atoms with Crippen molar-refractivity contribution < 1.29 is 22.1 Å². The third kappa shape index (κ3) is 4.99. The number of rotatable bonds is 3. The van der Waals surface area contributed by atoms with Gasteiger partial charge in [0.15, 0.2) is 0 Å². The van der Waals surface area contributed by atoms with E-state index in [-0.39, 0.29) is 18.2 Å². The Bertz CT molecular complexity index is 428. The van der Waals surface area contributed by atoms with Crippen LogP contribution >= 0.6 is 12.4 Å². The quantitative estimate of drug-likeness (QED) is 0.615. The van der Waals surface area contributed by atoms with Crippen LogP contribution in [0.1, 0.15) is 5.56 Å². The number of benzene rings is 1. The molecule has 1 rings (SSSR count). The number of hydrogen-bond donors (Lipinski definition) is 0. The van der Waals surface area contributed by atoms with Gasteiger partial charge in [0.05, 0.1) is 7.11 Å². The molecule has 0 atom stereocenters. The summed E-state index contributed by atoms with van der Waals surface area (Å²) < 4.78 is 30.7. The van der Waals surface area contributed by atoms with Crippen LogP contribution in [0.15, 0.2) is 30.3 Å². The first-order valence-electron chi connectivity index (χ1n) is 4.07. The molecule has 0 spiro atoms. The Morgan fingerprint density at radius 3 is 2.31 bits per heavy atom. The Kier molecular flexibility index (Phi) is 5.84. The molecule has 0 heterocycles. The maximum absolute atomic E-state index is 11.2. The zero-order chi connectivity index (χ0) is 11.3. The van der Waals surface area contributed by atoms with E-state index in [2.05, 4.69) is 8.92 Å². The largest absolute Gasteiger partial charge is 0.523 e. The highest BCUT2D eigenvalue weighted by molar-refractivity contribution is 7.86. The first kappa shape index (κ1) is 14.7. The van der Waals surface area contributed by atoms with Crippen molar-refractivity contribution in [1.29, 1.82) is 0 Å². The summed E-state index contributed by atoms with van der Waals surface area (Å²) >= 11 is 0. The molecule has 16 heavy (non-hydrogen) atoms. The van der Waals surface area contributed by atoms with Gasteiger partial charge in [-0.2, -0.15) is 8.42 Å². The predicted octanol–water partition coefficient (Wildman–Crippen LogP) is 1.72. The van der Waals surface area contributed by atoms with Crippen LogP contribution in [0.3, 0.4) is 0 Å². The molecule has 0 aliphatic carbocycles. The molecule has 0 bridgehead atoms. The van der Waals surface area contributed by atoms with Crippen molar-refractivity contribution in [1.82, 2.24) is 0 Å². The second-order valence-corrected chi connectivity index (χ2v) is 4.30. The molecule has 0 aliphatic heterocycles. The number of hydrogen-bond acceptors (Lipinski definition) is 5. The number of methoxy groups -OCH3 is 1. The lowest BCUT2D eigenvalue weighted by molar-refractivity contribution is 0.124. The minimum absolute atomic E-state index is 0. The van der Waals surface area contributed by atoms with Gasteiger partial charge in [-0.25, -0.2) is 4.79 Å². The second kappa shape index (κ2) is 6.34. The van der Waals surface area contributed by atoms with Gasteiger partial charge in [-0.15, -0.1) is 12.4 Å². The molecule has 5 nitrogen and oxygen atoms in total. The molecular weight excluding hydrogens is 256 g/mol. The second-order valence-electron chi connectivity index (χ2n) is 2.73. The average molecular weight is 267 g/mol. The van der Waals surface area contributed by atoms with Gasteiger partial charge in [0, 0.05) is 0 Å². The van der Waals surface area contributed by atoms with Gasteiger partial charge >= 0.3 is 16.3 Å². The van der Waals surface area contributed by atoms with Crippen molar-refractivity contribution in [2.45, 2.75) is 5.75 Å². The number of carbonyl (C=O) groups excluding carboxylic acids is 1. The molecule has 7 heteroatoms. The van der Waals surface area contributed by atoms with Crippen molar-refractivity contribution in [3.63, 3.8) is 0 Å². The molecule has 1 aromatic rings. The highest BCUT2D eigenvalue weighted by atomic mass is 35.5. The van der Waals surface area contributed by atoms with Gasteiger partial charge in [-0.05, 0) is 5.56 Å². The lowest BCUT2D eigenvalue weighted by Gasteiger charge is -2.03. The molecule has 0 unspecified atom stereocenters. The molecule has 0 radical (unpaired) electrons. The summed E-state index contributed by atoms with van der Waals surface area (Å²) in [6, 6.07) is 8.40. The third-order valence-electron chi connectivity index (χ3n) is 1.55. The van der Waals surface area contributed by atoms with Gasteiger partial charge in [-0.3, -0.25) is 0 Å². The van der Waals surface area contributed by atoms with E-state index in [1.54, 1.807) is 30.3 Å². The van der Waals surface area contributed by atoms with Crippen LogP contribution in [-0.4, -0.2) is 21.7 Å². The minimum atomic E-state index is -3.92. The summed E-state index contributed by atoms with van der Waals surface area (Å²) in [4.78, 5) is 10.6. The van der Waals surface area contributed by atoms with E-state index in [9.17, 15) is 13.2 Å². The average Bonchev–Trinajstić information content (AvgIpc) is 2.17. The van der Waals surface area contributed by atoms with Gasteiger partial charge < -0.3 is 8.92 Å². The van der Waals surface area contributed by atoms with Crippen molar-refractivity contribution >= 4 is 28.7 Å². The van der Waals surface area contributed by atoms with Crippen molar-refractivity contribution in [2.24, 2.45) is 0 Å². The van der Waals surface area contributed by atoms with Crippen LogP contribution in [0.5, 0.6) is 0 Å². The normalized spacial score (nSPS) is 10.1. The summed E-state index contributed by atoms with van der Waals surface area (Å²) in [6.45, 7) is 0. The Labute approximate surface area is 99.9 Å². The van der Waals surface area contributed by atoms with Gasteiger partial charge in [0.25, 0.3) is 0 Å². The molecule has 90 valence electrons. The maximum atomic E-state index is 11.2. The molecule has 0 saturated carbocycles. The first-order chi connectivity index (χ1) is 7.03. The lowest BCUT2D eigenvalue weighted by Crippen LogP contribution is -2.14. The topological polar surface area (TPSA) is 69.7 Å². The maximum Gasteiger partial charge on any atom is 0.523 e. The summed E-state index contributed by atoms with van der Waals surface area (Å²) in [5.74, 6) is -0.358. The van der Waals surface area contributed by atoms with Crippen molar-refractivity contribution in [2.75, 3.05) is 7.11 Å². The highest BCUT2D eigenvalue weighted by Crippen LogP contribution is 2.07. The van der Waals surface area contributed by atoms with Crippen LogP contribution in [-0.2, 0) is 24.8 Å². The zero-order valence-electron chi connectivity index (χ0n) is 8.45. The first-order valence-corrected chi connectivity index (χ1v) is 5.65. The van der Waals surface area contributed by atoms with Gasteiger partial charge in [0.1, 0.15) is 5.75 Å². The van der Waals surface area contributed by atoms with Crippen LogP contribution in [0.4, 0.5) is 4.79 Å². The van der Waals surface area contributed by atoms with E-state index in [0.29, 0.717) is 5.56 Å². The summed E-state index contributed by atoms with van der Waals surface area (Å²) in [5.41, 5.74) is 0.543. The Hall–Kier alpha value is -1.27. The molecule has 1 aromatic carbocycles. The predicted molar refractivity (Wildman–Crippen MR) is 59.8 cm³/mol. The van der Waals surface area contributed by atoms with Crippen LogP contribution in [0.2, 0.25) is 0 Å². The Balaban J connectivity index is 0.00000225. The summed E-state index contributed by atoms with van der Waals surface area (Å²) in [5, 5.41) is 0. The minimum Gasteiger partial charge on any atom is -0.437 e. The van der Waals surface area contributed by atoms with E-state index in [1.165, 1.54) is 0 Å². The fourth-order valence-corrected chi connectivity index (χ4v) is 1.88. The molecule has 0 aromatic heterocycles. The van der Waals surface area contributed by atoms with Crippen LogP contribution in [0, 0.1) is 0 Å². The van der Waals surface area contributed by atoms with Crippen molar-refractivity contribution in [3.8, 4) is 0 Å². The Morgan fingerprint density at radius 2 is 1.81 bits per heavy atom. The van der Waals surface area contributed by atoms with E-state index in [4.69, 9.17) is 0 Å². The number of halogens is 1. The lowest BCUT2D eigenvalue weighted by atomic mass is 10.2. The molecular formula is C9H11ClO5S. The SMILES string of the molecule is COC(=O)OS(=O)(=O)Cc1ccccc1.Cl. The molecule has 0 amide bonds. The molecule has 0 aliphatic rings. The standard InChI is InChI=1S/C9H10O5S.ClH/c1-13-9(10)14-15(11,12)7-8-5-3-2-4-6-8;/h2-6H,7H2,1H3;1H. The van der Waals surface area contributed by atoms with Gasteiger partial charge in [0.2, 0.25) is 0 Å². The molecule has 0 saturated heterocycles. The monoisotopic (exact) mass is 266 g/mol. The van der Waals surface area contributed by atoms with E-state index in [1.807, 2.05) is 0 Å². The van der Waals surface area contributed by atoms with Gasteiger partial charge in [-0.1, -0.05) is 30.3 Å². The molecule has 0 fully saturated rings. The van der Waals surface area contributed by atoms with E-state index >= 15 is 0 Å². The summed E-state index contributed by atoms with van der Waals surface area (Å²) in [7, 11) is -2.88. The number of ether oxygens (including phenoxy) is 1. The Morgan fingerprint density at radius 1 is 1.25 bits per heavy atom. The fraction of sp³-hybridized carbons (Fsp3) is 0.222. The smallest absolute Gasteiger partial charge is 0.437 e. The highest BCUT2D eigenvalue weighted by Gasteiger charge is 2.17. The van der Waals surface area contributed by atoms with Crippen LogP contribution < -0.4 is 0 Å². The van der Waals surface area contributed by atoms with E-state index < -0.39 is 16.3 Å². The molecule has 0 N–H and O–H groups in total. The van der Waals surface area contributed by atoms with Crippen molar-refractivity contribution in [3.05, 3.63) is 35.9 Å². The van der Waals surface area contributed by atoms with Crippen LogP contribution in [0.25, 0.3) is 0 Å². The fourth-order valence-electron chi connectivity index (χ4n) is 0.946. The third-order valence-corrected chi connectivity index (χ3v) is 2.62. The number of carbonyl (C=O) groups is 1. The van der Waals surface area contributed by atoms with E-state index in [0.717, 1.165) is 7.11 Å². The summed E-state index contributed by atoms with van der Waals surface area (Å²) in [6.07, 6.45) is -1.23. The zero-order valence-corrected chi connectivity index (χ0v) is 10.1.